The number of hydrogen-bond acceptors (Lipinski definition) is 6. The molecule has 1 atom stereocenters. The molecular formula is C44H84O6. The van der Waals surface area contributed by atoms with E-state index in [1.807, 2.05) is 0 Å². The highest BCUT2D eigenvalue weighted by atomic mass is 16.6. The highest BCUT2D eigenvalue weighted by Crippen LogP contribution is 2.16. The normalized spacial score (nSPS) is 11.8. The minimum atomic E-state index is -0.755. The highest BCUT2D eigenvalue weighted by Gasteiger charge is 2.19. The molecule has 0 aliphatic carbocycles. The first kappa shape index (κ1) is 48.4. The van der Waals surface area contributed by atoms with Crippen molar-refractivity contribution >= 4 is 17.9 Å². The fraction of sp³-hybridized carbons (Fsp3) is 0.932. The summed E-state index contributed by atoms with van der Waals surface area (Å²) < 4.78 is 16.5. The predicted molar refractivity (Wildman–Crippen MR) is 210 cm³/mol. The second-order valence-corrected chi connectivity index (χ2v) is 15.0. The van der Waals surface area contributed by atoms with Gasteiger partial charge in [0.25, 0.3) is 0 Å². The van der Waals surface area contributed by atoms with E-state index in [2.05, 4.69) is 20.8 Å². The lowest BCUT2D eigenvalue weighted by molar-refractivity contribution is -0.167. The van der Waals surface area contributed by atoms with Crippen molar-refractivity contribution in [2.24, 2.45) is 0 Å². The Morgan fingerprint density at radius 2 is 0.540 bits per heavy atom. The van der Waals surface area contributed by atoms with E-state index in [0.29, 0.717) is 19.3 Å². The maximum atomic E-state index is 12.5. The molecule has 296 valence electrons. The van der Waals surface area contributed by atoms with Gasteiger partial charge in [-0.15, -0.1) is 0 Å². The lowest BCUT2D eigenvalue weighted by Gasteiger charge is -2.18. The van der Waals surface area contributed by atoms with Gasteiger partial charge in [-0.1, -0.05) is 207 Å². The van der Waals surface area contributed by atoms with E-state index >= 15 is 0 Å². The third-order valence-corrected chi connectivity index (χ3v) is 9.86. The van der Waals surface area contributed by atoms with Crippen LogP contribution in [0.25, 0.3) is 0 Å². The Morgan fingerprint density at radius 1 is 0.320 bits per heavy atom. The summed E-state index contributed by atoms with van der Waals surface area (Å²) in [5.74, 6) is -0.874. The van der Waals surface area contributed by atoms with Gasteiger partial charge in [0, 0.05) is 19.3 Å². The summed E-state index contributed by atoms with van der Waals surface area (Å²) in [6.45, 7) is 6.54. The van der Waals surface area contributed by atoms with E-state index in [1.54, 1.807) is 0 Å². The highest BCUT2D eigenvalue weighted by molar-refractivity contribution is 5.71. The molecule has 6 heteroatoms. The van der Waals surface area contributed by atoms with Crippen LogP contribution < -0.4 is 0 Å². The van der Waals surface area contributed by atoms with E-state index in [-0.39, 0.29) is 31.1 Å². The largest absolute Gasteiger partial charge is 0.462 e. The first-order valence-corrected chi connectivity index (χ1v) is 22.0. The summed E-state index contributed by atoms with van der Waals surface area (Å²) in [6, 6.07) is 0. The SMILES string of the molecule is CCCCCCCCCCCCCCCCCCCCCC(=O)OCC(COC(=O)CCCCCCC)OC(=O)CCCCCCCCCC. The van der Waals surface area contributed by atoms with Crippen molar-refractivity contribution in [2.75, 3.05) is 13.2 Å². The van der Waals surface area contributed by atoms with Gasteiger partial charge in [-0.3, -0.25) is 14.4 Å². The van der Waals surface area contributed by atoms with Gasteiger partial charge in [-0.05, 0) is 19.3 Å². The Bertz CT molecular complexity index is 738. The van der Waals surface area contributed by atoms with Gasteiger partial charge in [0.05, 0.1) is 0 Å². The number of carbonyl (C=O) groups excluding carboxylic acids is 3. The number of rotatable bonds is 40. The zero-order chi connectivity index (χ0) is 36.6. The van der Waals surface area contributed by atoms with Crippen LogP contribution in [0.5, 0.6) is 0 Å². The van der Waals surface area contributed by atoms with Crippen molar-refractivity contribution in [1.29, 1.82) is 0 Å². The maximum absolute atomic E-state index is 12.5. The number of hydrogen-bond donors (Lipinski definition) is 0. The molecule has 0 radical (unpaired) electrons. The summed E-state index contributed by atoms with van der Waals surface area (Å²) >= 11 is 0. The molecule has 0 aliphatic heterocycles. The van der Waals surface area contributed by atoms with Crippen LogP contribution in [-0.2, 0) is 28.6 Å². The molecule has 0 rings (SSSR count). The van der Waals surface area contributed by atoms with E-state index in [0.717, 1.165) is 64.2 Å². The molecule has 1 unspecified atom stereocenters. The summed E-state index contributed by atoms with van der Waals surface area (Å²) in [5, 5.41) is 0. The Labute approximate surface area is 310 Å². The summed E-state index contributed by atoms with van der Waals surface area (Å²) in [4.78, 5) is 37.3. The van der Waals surface area contributed by atoms with Gasteiger partial charge in [-0.2, -0.15) is 0 Å². The fourth-order valence-electron chi connectivity index (χ4n) is 6.50. The standard InChI is InChI=1S/C44H84O6/c1-4-7-10-13-15-17-18-19-20-21-22-23-24-25-26-27-29-31-34-37-43(46)49-40-41(39-48-42(45)36-33-30-12-9-6-3)50-44(47)38-35-32-28-16-14-11-8-5-2/h41H,4-40H2,1-3H3. The molecule has 0 aromatic rings. The molecule has 0 heterocycles. The molecule has 0 aromatic heterocycles. The monoisotopic (exact) mass is 709 g/mol. The van der Waals surface area contributed by atoms with Crippen molar-refractivity contribution in [3.63, 3.8) is 0 Å². The van der Waals surface area contributed by atoms with Crippen LogP contribution in [0.1, 0.15) is 245 Å². The van der Waals surface area contributed by atoms with E-state index in [4.69, 9.17) is 14.2 Å². The molecule has 0 aliphatic rings. The molecule has 0 fully saturated rings. The van der Waals surface area contributed by atoms with Crippen LogP contribution in [-0.4, -0.2) is 37.2 Å². The lowest BCUT2D eigenvalue weighted by Crippen LogP contribution is -2.30. The molecule has 0 amide bonds. The van der Waals surface area contributed by atoms with E-state index < -0.39 is 6.10 Å². The van der Waals surface area contributed by atoms with Crippen LogP contribution in [0, 0.1) is 0 Å². The second kappa shape index (κ2) is 40.2. The minimum absolute atomic E-state index is 0.0646. The number of carbonyl (C=O) groups is 3. The average Bonchev–Trinajstić information content (AvgIpc) is 3.11. The molecule has 0 spiro atoms. The van der Waals surface area contributed by atoms with Crippen LogP contribution in [0.15, 0.2) is 0 Å². The number of esters is 3. The van der Waals surface area contributed by atoms with Crippen LogP contribution in [0.2, 0.25) is 0 Å². The van der Waals surface area contributed by atoms with Crippen molar-refractivity contribution in [3.05, 3.63) is 0 Å². The first-order valence-electron chi connectivity index (χ1n) is 22.0. The Hall–Kier alpha value is -1.59. The van der Waals surface area contributed by atoms with Crippen LogP contribution in [0.4, 0.5) is 0 Å². The molecule has 0 aromatic carbocycles. The molecule has 0 saturated heterocycles. The average molecular weight is 709 g/mol. The zero-order valence-corrected chi connectivity index (χ0v) is 33.7. The van der Waals surface area contributed by atoms with Crippen molar-refractivity contribution in [3.8, 4) is 0 Å². The Kier molecular flexibility index (Phi) is 38.9. The number of ether oxygens (including phenoxy) is 3. The van der Waals surface area contributed by atoms with Gasteiger partial charge in [-0.25, -0.2) is 0 Å². The maximum Gasteiger partial charge on any atom is 0.306 e. The molecule has 50 heavy (non-hydrogen) atoms. The van der Waals surface area contributed by atoms with Crippen LogP contribution in [0.3, 0.4) is 0 Å². The predicted octanol–water partition coefficient (Wildman–Crippen LogP) is 13.7. The quantitative estimate of drug-likeness (QED) is 0.0358. The lowest BCUT2D eigenvalue weighted by atomic mass is 10.0. The van der Waals surface area contributed by atoms with Crippen molar-refractivity contribution in [2.45, 2.75) is 252 Å². The van der Waals surface area contributed by atoms with E-state index in [1.165, 1.54) is 141 Å². The molecule has 0 N–H and O–H groups in total. The first-order chi connectivity index (χ1) is 24.5. The van der Waals surface area contributed by atoms with Gasteiger partial charge in [0.15, 0.2) is 6.10 Å². The summed E-state index contributed by atoms with van der Waals surface area (Å²) in [7, 11) is 0. The smallest absolute Gasteiger partial charge is 0.306 e. The zero-order valence-electron chi connectivity index (χ0n) is 33.7. The topological polar surface area (TPSA) is 78.9 Å². The van der Waals surface area contributed by atoms with Crippen molar-refractivity contribution in [1.82, 2.24) is 0 Å². The van der Waals surface area contributed by atoms with Crippen molar-refractivity contribution < 1.29 is 28.6 Å². The Morgan fingerprint density at radius 3 is 0.800 bits per heavy atom. The molecular weight excluding hydrogens is 624 g/mol. The summed E-state index contributed by atoms with van der Waals surface area (Å²) in [6.07, 6.45) is 39.9. The second-order valence-electron chi connectivity index (χ2n) is 15.0. The Balaban J connectivity index is 4.05. The third kappa shape index (κ3) is 37.7. The summed E-state index contributed by atoms with van der Waals surface area (Å²) in [5.41, 5.74) is 0. The number of unbranched alkanes of at least 4 members (excludes halogenated alkanes) is 29. The fourth-order valence-corrected chi connectivity index (χ4v) is 6.50. The molecule has 0 bridgehead atoms. The third-order valence-electron chi connectivity index (χ3n) is 9.86. The minimum Gasteiger partial charge on any atom is -0.462 e. The van der Waals surface area contributed by atoms with Gasteiger partial charge < -0.3 is 14.2 Å². The van der Waals surface area contributed by atoms with E-state index in [9.17, 15) is 14.4 Å². The van der Waals surface area contributed by atoms with Crippen LogP contribution >= 0.6 is 0 Å². The molecule has 6 nitrogen and oxygen atoms in total. The van der Waals surface area contributed by atoms with Gasteiger partial charge in [0.1, 0.15) is 13.2 Å². The van der Waals surface area contributed by atoms with Gasteiger partial charge in [0.2, 0.25) is 0 Å². The van der Waals surface area contributed by atoms with Gasteiger partial charge >= 0.3 is 17.9 Å². The molecule has 0 saturated carbocycles.